The smallest absolute Gasteiger partial charge is 0.317 e. The van der Waals surface area contributed by atoms with Crippen LogP contribution in [0.1, 0.15) is 37.4 Å². The van der Waals surface area contributed by atoms with Gasteiger partial charge in [-0.2, -0.15) is 4.98 Å². The van der Waals surface area contributed by atoms with Crippen LogP contribution in [0.25, 0.3) is 0 Å². The number of allylic oxidation sites excluding steroid dienone is 1. The number of rotatable bonds is 5. The van der Waals surface area contributed by atoms with Crippen LogP contribution in [0.2, 0.25) is 0 Å². The highest BCUT2D eigenvalue weighted by Gasteiger charge is 2.34. The molecular formula is C17H26FN5O2. The molecule has 1 aliphatic carbocycles. The lowest BCUT2D eigenvalue weighted by Gasteiger charge is -2.29. The maximum absolute atomic E-state index is 13.9. The first-order chi connectivity index (χ1) is 12.0. The second-order valence-corrected chi connectivity index (χ2v) is 6.94. The van der Waals surface area contributed by atoms with Gasteiger partial charge in [0.2, 0.25) is 5.89 Å². The molecule has 1 aromatic rings. The van der Waals surface area contributed by atoms with Crippen molar-refractivity contribution in [1.82, 2.24) is 25.3 Å². The van der Waals surface area contributed by atoms with E-state index in [9.17, 15) is 9.18 Å². The summed E-state index contributed by atoms with van der Waals surface area (Å²) in [5, 5.41) is 6.90. The Hall–Kier alpha value is -1.96. The van der Waals surface area contributed by atoms with Crippen molar-refractivity contribution in [2.24, 2.45) is 0 Å². The van der Waals surface area contributed by atoms with Crippen LogP contribution in [-0.4, -0.2) is 64.4 Å². The normalized spacial score (nSPS) is 26.8. The van der Waals surface area contributed by atoms with Gasteiger partial charge in [0, 0.05) is 39.1 Å². The third-order valence-corrected chi connectivity index (χ3v) is 4.79. The third kappa shape index (κ3) is 4.78. The summed E-state index contributed by atoms with van der Waals surface area (Å²) in [4.78, 5) is 20.2. The molecule has 0 radical (unpaired) electrons. The second kappa shape index (κ2) is 7.95. The monoisotopic (exact) mass is 351 g/mol. The SMILES string of the molecule is Cc1nc(CN2C[C@@H](F)C[C@H]2CN(C)C(=O)N[C@H]2C=CCCC2)no1. The molecule has 0 unspecified atom stereocenters. The molecule has 25 heavy (non-hydrogen) atoms. The van der Waals surface area contributed by atoms with Gasteiger partial charge in [-0.25, -0.2) is 9.18 Å². The summed E-state index contributed by atoms with van der Waals surface area (Å²) in [7, 11) is 1.75. The molecule has 3 atom stereocenters. The van der Waals surface area contributed by atoms with Crippen molar-refractivity contribution in [2.45, 2.75) is 57.4 Å². The Morgan fingerprint density at radius 2 is 2.40 bits per heavy atom. The molecule has 138 valence electrons. The highest BCUT2D eigenvalue weighted by atomic mass is 19.1. The number of amides is 2. The summed E-state index contributed by atoms with van der Waals surface area (Å²) < 4.78 is 18.9. The van der Waals surface area contributed by atoms with E-state index in [4.69, 9.17) is 4.52 Å². The van der Waals surface area contributed by atoms with Crippen LogP contribution in [0.5, 0.6) is 0 Å². The lowest BCUT2D eigenvalue weighted by molar-refractivity contribution is 0.170. The minimum Gasteiger partial charge on any atom is -0.340 e. The maximum atomic E-state index is 13.9. The van der Waals surface area contributed by atoms with Crippen LogP contribution in [-0.2, 0) is 6.54 Å². The van der Waals surface area contributed by atoms with Crippen molar-refractivity contribution in [3.63, 3.8) is 0 Å². The van der Waals surface area contributed by atoms with Crippen molar-refractivity contribution >= 4 is 6.03 Å². The van der Waals surface area contributed by atoms with E-state index in [1.165, 1.54) is 0 Å². The summed E-state index contributed by atoms with van der Waals surface area (Å²) in [6.07, 6.45) is 6.81. The molecule has 1 N–H and O–H groups in total. The van der Waals surface area contributed by atoms with Gasteiger partial charge in [0.05, 0.1) is 6.54 Å². The molecule has 2 heterocycles. The zero-order chi connectivity index (χ0) is 17.8. The van der Waals surface area contributed by atoms with Gasteiger partial charge in [-0.05, 0) is 25.7 Å². The summed E-state index contributed by atoms with van der Waals surface area (Å²) >= 11 is 0. The van der Waals surface area contributed by atoms with Crippen molar-refractivity contribution in [2.75, 3.05) is 20.1 Å². The van der Waals surface area contributed by atoms with E-state index in [0.717, 1.165) is 19.3 Å². The molecule has 0 bridgehead atoms. The van der Waals surface area contributed by atoms with Gasteiger partial charge in [-0.3, -0.25) is 4.90 Å². The Morgan fingerprint density at radius 3 is 3.08 bits per heavy atom. The average Bonchev–Trinajstić information content (AvgIpc) is 3.14. The first kappa shape index (κ1) is 17.8. The molecule has 8 heteroatoms. The molecule has 2 aliphatic rings. The molecular weight excluding hydrogens is 325 g/mol. The van der Waals surface area contributed by atoms with Gasteiger partial charge in [-0.15, -0.1) is 0 Å². The number of carbonyl (C=O) groups is 1. The number of likely N-dealkylation sites (N-methyl/N-ethyl adjacent to an activating group) is 1. The summed E-state index contributed by atoms with van der Waals surface area (Å²) in [5.41, 5.74) is 0. The first-order valence-corrected chi connectivity index (χ1v) is 8.87. The van der Waals surface area contributed by atoms with E-state index < -0.39 is 6.17 Å². The fourth-order valence-corrected chi connectivity index (χ4v) is 3.49. The second-order valence-electron chi connectivity index (χ2n) is 6.94. The number of carbonyl (C=O) groups excluding carboxylic acids is 1. The number of aryl methyl sites for hydroxylation is 1. The number of hydrogen-bond acceptors (Lipinski definition) is 5. The van der Waals surface area contributed by atoms with Gasteiger partial charge < -0.3 is 14.7 Å². The summed E-state index contributed by atoms with van der Waals surface area (Å²) in [6.45, 7) is 2.97. The number of nitrogens with zero attached hydrogens (tertiary/aromatic N) is 4. The number of hydrogen-bond donors (Lipinski definition) is 1. The lowest BCUT2D eigenvalue weighted by atomic mass is 10.0. The van der Waals surface area contributed by atoms with Gasteiger partial charge in [0.25, 0.3) is 0 Å². The third-order valence-electron chi connectivity index (χ3n) is 4.79. The Morgan fingerprint density at radius 1 is 1.56 bits per heavy atom. The van der Waals surface area contributed by atoms with Crippen LogP contribution in [0.3, 0.4) is 0 Å². The van der Waals surface area contributed by atoms with Crippen LogP contribution in [0.4, 0.5) is 9.18 Å². The van der Waals surface area contributed by atoms with Crippen molar-refractivity contribution in [3.05, 3.63) is 23.9 Å². The largest absolute Gasteiger partial charge is 0.340 e. The van der Waals surface area contributed by atoms with E-state index >= 15 is 0 Å². The Balaban J connectivity index is 1.54. The van der Waals surface area contributed by atoms with Crippen molar-refractivity contribution in [3.8, 4) is 0 Å². The van der Waals surface area contributed by atoms with Crippen LogP contribution in [0, 0.1) is 6.92 Å². The molecule has 1 fully saturated rings. The molecule has 3 rings (SSSR count). The maximum Gasteiger partial charge on any atom is 0.317 e. The number of urea groups is 1. The average molecular weight is 351 g/mol. The minimum absolute atomic E-state index is 0.0496. The molecule has 0 aromatic carbocycles. The lowest BCUT2D eigenvalue weighted by Crippen LogP contribution is -2.47. The fraction of sp³-hybridized carbons (Fsp3) is 0.706. The highest BCUT2D eigenvalue weighted by molar-refractivity contribution is 5.74. The number of alkyl halides is 1. The van der Waals surface area contributed by atoms with Crippen LogP contribution in [0.15, 0.2) is 16.7 Å². The quantitative estimate of drug-likeness (QED) is 0.822. The predicted octanol–water partition coefficient (Wildman–Crippen LogP) is 2.04. The molecule has 1 aliphatic heterocycles. The minimum atomic E-state index is -0.893. The van der Waals surface area contributed by atoms with E-state index in [0.29, 0.717) is 37.8 Å². The Kier molecular flexibility index (Phi) is 5.67. The molecule has 0 saturated carbocycles. The number of aromatic nitrogens is 2. The van der Waals surface area contributed by atoms with Crippen molar-refractivity contribution in [1.29, 1.82) is 0 Å². The van der Waals surface area contributed by atoms with E-state index in [2.05, 4.69) is 21.5 Å². The number of nitrogens with one attached hydrogen (secondary N) is 1. The molecule has 7 nitrogen and oxygen atoms in total. The fourth-order valence-electron chi connectivity index (χ4n) is 3.49. The Bertz CT molecular complexity index is 620. The van der Waals surface area contributed by atoms with Gasteiger partial charge in [-0.1, -0.05) is 17.3 Å². The topological polar surface area (TPSA) is 74.5 Å². The van der Waals surface area contributed by atoms with E-state index in [-0.39, 0.29) is 18.1 Å². The zero-order valence-electron chi connectivity index (χ0n) is 14.8. The Labute approximate surface area is 147 Å². The van der Waals surface area contributed by atoms with Crippen LogP contribution < -0.4 is 5.32 Å². The van der Waals surface area contributed by atoms with Gasteiger partial charge in [0.15, 0.2) is 5.82 Å². The molecule has 0 spiro atoms. The van der Waals surface area contributed by atoms with Crippen LogP contribution >= 0.6 is 0 Å². The predicted molar refractivity (Wildman–Crippen MR) is 90.7 cm³/mol. The van der Waals surface area contributed by atoms with E-state index in [1.54, 1.807) is 18.9 Å². The molecule has 1 saturated heterocycles. The van der Waals surface area contributed by atoms with E-state index in [1.807, 2.05) is 11.0 Å². The summed E-state index contributed by atoms with van der Waals surface area (Å²) in [6, 6.07) is -0.0692. The number of likely N-dealkylation sites (tertiary alicyclic amines) is 1. The summed E-state index contributed by atoms with van der Waals surface area (Å²) in [5.74, 6) is 1.05. The highest BCUT2D eigenvalue weighted by Crippen LogP contribution is 2.23. The first-order valence-electron chi connectivity index (χ1n) is 8.87. The van der Waals surface area contributed by atoms with Crippen molar-refractivity contribution < 1.29 is 13.7 Å². The number of halogens is 1. The van der Waals surface area contributed by atoms with Gasteiger partial charge in [0.1, 0.15) is 6.17 Å². The molecule has 2 amide bonds. The standard InChI is InChI=1S/C17H26FN5O2/c1-12-19-16(21-25-12)11-23-9-13(18)8-15(23)10-22(2)17(24)20-14-6-4-3-5-7-14/h4,6,13-15H,3,5,7-11H2,1-2H3,(H,20,24)/t13-,14-,15-/m0/s1. The van der Waals surface area contributed by atoms with Gasteiger partial charge >= 0.3 is 6.03 Å². The molecule has 1 aromatic heterocycles. The zero-order valence-corrected chi connectivity index (χ0v) is 14.8.